The average molecular weight is 401 g/mol. The molecule has 2 aromatic carbocycles. The van der Waals surface area contributed by atoms with Crippen molar-refractivity contribution in [3.63, 3.8) is 0 Å². The van der Waals surface area contributed by atoms with Crippen LogP contribution in [0.1, 0.15) is 44.9 Å². The van der Waals surface area contributed by atoms with E-state index >= 15 is 0 Å². The summed E-state index contributed by atoms with van der Waals surface area (Å²) in [5, 5.41) is 4.82. The molecular formula is C19H19N3O5S. The zero-order valence-electron chi connectivity index (χ0n) is 15.4. The molecule has 0 aromatic heterocycles. The Morgan fingerprint density at radius 3 is 2.18 bits per heavy atom. The molecule has 0 spiro atoms. The highest BCUT2D eigenvalue weighted by molar-refractivity contribution is 7.89. The van der Waals surface area contributed by atoms with Crippen molar-refractivity contribution in [2.45, 2.75) is 18.7 Å². The van der Waals surface area contributed by atoms with E-state index in [0.29, 0.717) is 18.8 Å². The number of nitrogens with one attached hydrogen (secondary N) is 2. The molecular weight excluding hydrogens is 382 g/mol. The van der Waals surface area contributed by atoms with Gasteiger partial charge in [-0.1, -0.05) is 13.8 Å². The van der Waals surface area contributed by atoms with Gasteiger partial charge in [0.1, 0.15) is 0 Å². The molecule has 0 bridgehead atoms. The number of anilines is 1. The van der Waals surface area contributed by atoms with Gasteiger partial charge in [0.2, 0.25) is 10.0 Å². The Balaban J connectivity index is 1.78. The van der Waals surface area contributed by atoms with Gasteiger partial charge in [-0.05, 0) is 42.5 Å². The predicted octanol–water partition coefficient (Wildman–Crippen LogP) is 1.85. The van der Waals surface area contributed by atoms with E-state index in [1.165, 1.54) is 46.8 Å². The van der Waals surface area contributed by atoms with Gasteiger partial charge < -0.3 is 5.32 Å². The topological polar surface area (TPSA) is 113 Å². The molecule has 1 aliphatic rings. The lowest BCUT2D eigenvalue weighted by Gasteiger charge is -2.18. The van der Waals surface area contributed by atoms with Crippen molar-refractivity contribution in [1.82, 2.24) is 9.62 Å². The maximum atomic E-state index is 12.5. The molecule has 0 saturated heterocycles. The van der Waals surface area contributed by atoms with Crippen LogP contribution in [-0.2, 0) is 10.0 Å². The van der Waals surface area contributed by atoms with Crippen LogP contribution in [0.4, 0.5) is 5.69 Å². The smallest absolute Gasteiger partial charge is 0.259 e. The van der Waals surface area contributed by atoms with Crippen LogP contribution in [0.15, 0.2) is 47.4 Å². The van der Waals surface area contributed by atoms with Crippen LogP contribution in [0.25, 0.3) is 0 Å². The summed E-state index contributed by atoms with van der Waals surface area (Å²) in [5.74, 6) is -1.44. The minimum absolute atomic E-state index is 0.112. The molecule has 0 unspecified atom stereocenters. The van der Waals surface area contributed by atoms with Crippen LogP contribution in [0.3, 0.4) is 0 Å². The fraction of sp³-hybridized carbons (Fsp3) is 0.211. The zero-order valence-corrected chi connectivity index (χ0v) is 16.2. The molecule has 0 fully saturated rings. The largest absolute Gasteiger partial charge is 0.322 e. The molecule has 9 heteroatoms. The molecule has 146 valence electrons. The monoisotopic (exact) mass is 401 g/mol. The molecule has 2 N–H and O–H groups in total. The van der Waals surface area contributed by atoms with Gasteiger partial charge in [-0.3, -0.25) is 19.7 Å². The molecule has 0 aliphatic carbocycles. The SMILES string of the molecule is CCN(CC)S(=O)(=O)c1ccc(C(=O)Nc2ccc3c(c2)C(=O)NC3=O)cc1. The van der Waals surface area contributed by atoms with Crippen LogP contribution in [0.2, 0.25) is 0 Å². The quantitative estimate of drug-likeness (QED) is 0.718. The number of carbonyl (C=O) groups excluding carboxylic acids is 3. The zero-order chi connectivity index (χ0) is 20.5. The number of carbonyl (C=O) groups is 3. The maximum absolute atomic E-state index is 12.5. The fourth-order valence-electron chi connectivity index (χ4n) is 2.94. The van der Waals surface area contributed by atoms with Crippen molar-refractivity contribution < 1.29 is 22.8 Å². The molecule has 1 heterocycles. The minimum Gasteiger partial charge on any atom is -0.322 e. The third kappa shape index (κ3) is 3.54. The van der Waals surface area contributed by atoms with Gasteiger partial charge in [-0.2, -0.15) is 4.31 Å². The van der Waals surface area contributed by atoms with E-state index in [2.05, 4.69) is 10.6 Å². The standard InChI is InChI=1S/C19H19N3O5S/c1-3-22(4-2)28(26,27)14-8-5-12(6-9-14)17(23)20-13-7-10-15-16(11-13)19(25)21-18(15)24/h5-11H,3-4H2,1-2H3,(H,20,23)(H,21,24,25). The van der Waals surface area contributed by atoms with Crippen molar-refractivity contribution in [2.24, 2.45) is 0 Å². The van der Waals surface area contributed by atoms with E-state index in [1.807, 2.05) is 0 Å². The van der Waals surface area contributed by atoms with E-state index in [1.54, 1.807) is 13.8 Å². The Morgan fingerprint density at radius 2 is 1.57 bits per heavy atom. The Kier molecular flexibility index (Phi) is 5.30. The van der Waals surface area contributed by atoms with Gasteiger partial charge in [0.15, 0.2) is 0 Å². The van der Waals surface area contributed by atoms with E-state index in [0.717, 1.165) is 0 Å². The summed E-state index contributed by atoms with van der Waals surface area (Å²) >= 11 is 0. The number of hydrogen-bond donors (Lipinski definition) is 2. The van der Waals surface area contributed by atoms with Gasteiger partial charge in [0, 0.05) is 24.3 Å². The number of rotatable bonds is 6. The van der Waals surface area contributed by atoms with Gasteiger partial charge in [0.05, 0.1) is 16.0 Å². The number of benzene rings is 2. The highest BCUT2D eigenvalue weighted by Gasteiger charge is 2.27. The second-order valence-electron chi connectivity index (χ2n) is 6.11. The predicted molar refractivity (Wildman–Crippen MR) is 103 cm³/mol. The van der Waals surface area contributed by atoms with Crippen molar-refractivity contribution in [3.05, 3.63) is 59.2 Å². The van der Waals surface area contributed by atoms with Crippen molar-refractivity contribution >= 4 is 33.4 Å². The first kappa shape index (κ1) is 19.7. The molecule has 3 rings (SSSR count). The first-order valence-corrected chi connectivity index (χ1v) is 10.1. The lowest BCUT2D eigenvalue weighted by atomic mass is 10.1. The number of fused-ring (bicyclic) bond motifs is 1. The number of amides is 3. The fourth-order valence-corrected chi connectivity index (χ4v) is 4.40. The summed E-state index contributed by atoms with van der Waals surface area (Å²) < 4.78 is 26.3. The van der Waals surface area contributed by atoms with E-state index in [4.69, 9.17) is 0 Å². The number of nitrogens with zero attached hydrogens (tertiary/aromatic N) is 1. The summed E-state index contributed by atoms with van der Waals surface area (Å²) in [4.78, 5) is 35.8. The van der Waals surface area contributed by atoms with Crippen LogP contribution >= 0.6 is 0 Å². The average Bonchev–Trinajstić information content (AvgIpc) is 2.96. The second-order valence-corrected chi connectivity index (χ2v) is 8.05. The number of sulfonamides is 1. The maximum Gasteiger partial charge on any atom is 0.259 e. The molecule has 2 aromatic rings. The summed E-state index contributed by atoms with van der Waals surface area (Å²) in [6.07, 6.45) is 0. The van der Waals surface area contributed by atoms with E-state index in [-0.39, 0.29) is 21.6 Å². The van der Waals surface area contributed by atoms with Gasteiger partial charge in [-0.25, -0.2) is 8.42 Å². The summed E-state index contributed by atoms with van der Waals surface area (Å²) in [6, 6.07) is 10.0. The third-order valence-electron chi connectivity index (χ3n) is 4.45. The summed E-state index contributed by atoms with van der Waals surface area (Å²) in [6.45, 7) is 4.23. The van der Waals surface area contributed by atoms with Crippen molar-refractivity contribution in [2.75, 3.05) is 18.4 Å². The molecule has 0 saturated carbocycles. The minimum atomic E-state index is -3.60. The van der Waals surface area contributed by atoms with Crippen molar-refractivity contribution in [1.29, 1.82) is 0 Å². The van der Waals surface area contributed by atoms with Crippen molar-refractivity contribution in [3.8, 4) is 0 Å². The Bertz CT molecular complexity index is 1060. The third-order valence-corrected chi connectivity index (χ3v) is 6.52. The Morgan fingerprint density at radius 1 is 0.964 bits per heavy atom. The first-order chi connectivity index (χ1) is 13.3. The van der Waals surface area contributed by atoms with Crippen LogP contribution in [-0.4, -0.2) is 43.5 Å². The highest BCUT2D eigenvalue weighted by Crippen LogP contribution is 2.21. The van der Waals surface area contributed by atoms with Gasteiger partial charge in [0.25, 0.3) is 17.7 Å². The molecule has 1 aliphatic heterocycles. The molecule has 8 nitrogen and oxygen atoms in total. The first-order valence-electron chi connectivity index (χ1n) is 8.69. The van der Waals surface area contributed by atoms with E-state index < -0.39 is 27.7 Å². The van der Waals surface area contributed by atoms with Crippen LogP contribution in [0, 0.1) is 0 Å². The number of hydrogen-bond acceptors (Lipinski definition) is 5. The van der Waals surface area contributed by atoms with Crippen LogP contribution < -0.4 is 10.6 Å². The van der Waals surface area contributed by atoms with Gasteiger partial charge in [-0.15, -0.1) is 0 Å². The lowest BCUT2D eigenvalue weighted by molar-refractivity contribution is 0.0878. The highest BCUT2D eigenvalue weighted by atomic mass is 32.2. The van der Waals surface area contributed by atoms with Crippen LogP contribution in [0.5, 0.6) is 0 Å². The molecule has 0 atom stereocenters. The summed E-state index contributed by atoms with van der Waals surface area (Å²) in [5.41, 5.74) is 1.07. The lowest BCUT2D eigenvalue weighted by Crippen LogP contribution is -2.30. The molecule has 28 heavy (non-hydrogen) atoms. The second kappa shape index (κ2) is 7.53. The molecule has 3 amide bonds. The number of imide groups is 1. The van der Waals surface area contributed by atoms with Gasteiger partial charge >= 0.3 is 0 Å². The van der Waals surface area contributed by atoms with E-state index in [9.17, 15) is 22.8 Å². The Hall–Kier alpha value is -3.04. The molecule has 0 radical (unpaired) electrons. The Labute approximate surface area is 162 Å². The summed E-state index contributed by atoms with van der Waals surface area (Å²) in [7, 11) is -3.60. The normalized spacial score (nSPS) is 13.4.